The lowest BCUT2D eigenvalue weighted by Crippen LogP contribution is -2.58. The van der Waals surface area contributed by atoms with Crippen LogP contribution in [0.25, 0.3) is 0 Å². The number of hydrogen-bond acceptors (Lipinski definition) is 5. The molecule has 3 rings (SSSR count). The van der Waals surface area contributed by atoms with Crippen molar-refractivity contribution in [3.63, 3.8) is 0 Å². The van der Waals surface area contributed by atoms with Crippen LogP contribution in [-0.4, -0.2) is 52.0 Å². The lowest BCUT2D eigenvalue weighted by molar-refractivity contribution is -0.126. The first kappa shape index (κ1) is 19.9. The number of rotatable bonds is 5. The maximum absolute atomic E-state index is 12.8. The molecule has 1 saturated carbocycles. The van der Waals surface area contributed by atoms with Crippen molar-refractivity contribution in [2.45, 2.75) is 50.2 Å². The van der Waals surface area contributed by atoms with Gasteiger partial charge in [0.2, 0.25) is 5.91 Å². The highest BCUT2D eigenvalue weighted by atomic mass is 32.2. The number of likely N-dealkylation sites (N-methyl/N-ethyl adjacent to an activating group) is 1. The average molecular weight is 397 g/mol. The third-order valence-electron chi connectivity index (χ3n) is 5.38. The summed E-state index contributed by atoms with van der Waals surface area (Å²) < 4.78 is 39.5. The van der Waals surface area contributed by atoms with E-state index in [-0.39, 0.29) is 11.9 Å². The molecule has 1 heterocycles. The van der Waals surface area contributed by atoms with E-state index in [1.807, 2.05) is 0 Å². The standard InChI is InChI=1S/C18H27N3O5S/c1-21-15(18(22)19-13-6-4-5-7-13)11-14(20-27(21,23)24)12-8-9-16(25-2)17(10-12)26-3/h8-10,13-15,20H,4-7,11H2,1-3H3,(H,19,22)/t14-,15+/m0/s1. The molecule has 9 heteroatoms. The molecular formula is C18H27N3O5S. The SMILES string of the molecule is COc1ccc([C@@H]2C[C@H](C(=O)NC3CCCC3)N(C)S(=O)(=O)N2)cc1OC. The summed E-state index contributed by atoms with van der Waals surface area (Å²) in [7, 11) is 0.732. The summed E-state index contributed by atoms with van der Waals surface area (Å²) in [5.74, 6) is 0.840. The van der Waals surface area contributed by atoms with E-state index in [2.05, 4.69) is 10.0 Å². The molecule has 2 aliphatic rings. The molecule has 0 bridgehead atoms. The maximum atomic E-state index is 12.8. The van der Waals surface area contributed by atoms with Gasteiger partial charge in [0.25, 0.3) is 10.2 Å². The van der Waals surface area contributed by atoms with Gasteiger partial charge in [-0.25, -0.2) is 0 Å². The van der Waals surface area contributed by atoms with Crippen LogP contribution < -0.4 is 19.5 Å². The Morgan fingerprint density at radius 3 is 2.48 bits per heavy atom. The number of carbonyl (C=O) groups is 1. The zero-order chi connectivity index (χ0) is 19.6. The number of hydrogen-bond donors (Lipinski definition) is 2. The molecule has 1 saturated heterocycles. The number of benzene rings is 1. The van der Waals surface area contributed by atoms with E-state index in [0.29, 0.717) is 17.9 Å². The number of amides is 1. The van der Waals surface area contributed by atoms with Crippen LogP contribution in [0.3, 0.4) is 0 Å². The third kappa shape index (κ3) is 4.20. The van der Waals surface area contributed by atoms with Gasteiger partial charge in [-0.15, -0.1) is 0 Å². The first-order valence-corrected chi connectivity index (χ1v) is 10.6. The van der Waals surface area contributed by atoms with Gasteiger partial charge in [-0.1, -0.05) is 18.9 Å². The molecule has 1 aromatic carbocycles. The smallest absolute Gasteiger partial charge is 0.280 e. The second kappa shape index (κ2) is 8.04. The van der Waals surface area contributed by atoms with Crippen molar-refractivity contribution in [2.24, 2.45) is 0 Å². The lowest BCUT2D eigenvalue weighted by Gasteiger charge is -2.36. The Morgan fingerprint density at radius 2 is 1.85 bits per heavy atom. The summed E-state index contributed by atoms with van der Waals surface area (Å²) in [6, 6.07) is 4.12. The molecule has 1 aliphatic carbocycles. The second-order valence-corrected chi connectivity index (χ2v) is 8.81. The summed E-state index contributed by atoms with van der Waals surface area (Å²) >= 11 is 0. The van der Waals surface area contributed by atoms with Crippen LogP contribution in [0, 0.1) is 0 Å². The van der Waals surface area contributed by atoms with Gasteiger partial charge in [-0.05, 0) is 37.0 Å². The summed E-state index contributed by atoms with van der Waals surface area (Å²) in [6.07, 6.45) is 4.43. The molecule has 1 aromatic rings. The van der Waals surface area contributed by atoms with Crippen LogP contribution in [0.4, 0.5) is 0 Å². The predicted octanol–water partition coefficient (Wildman–Crippen LogP) is 1.34. The average Bonchev–Trinajstić information content (AvgIpc) is 3.16. The van der Waals surface area contributed by atoms with Gasteiger partial charge in [0.05, 0.1) is 20.3 Å². The number of nitrogens with one attached hydrogen (secondary N) is 2. The van der Waals surface area contributed by atoms with Crippen molar-refractivity contribution in [2.75, 3.05) is 21.3 Å². The Hall–Kier alpha value is -1.84. The number of carbonyl (C=O) groups excluding carboxylic acids is 1. The van der Waals surface area contributed by atoms with Gasteiger partial charge >= 0.3 is 0 Å². The fraction of sp³-hybridized carbons (Fsp3) is 0.611. The molecule has 0 spiro atoms. The van der Waals surface area contributed by atoms with Gasteiger partial charge in [-0.2, -0.15) is 17.4 Å². The largest absolute Gasteiger partial charge is 0.493 e. The summed E-state index contributed by atoms with van der Waals surface area (Å²) in [4.78, 5) is 12.8. The minimum Gasteiger partial charge on any atom is -0.493 e. The van der Waals surface area contributed by atoms with Crippen LogP contribution in [-0.2, 0) is 15.0 Å². The quantitative estimate of drug-likeness (QED) is 0.782. The highest BCUT2D eigenvalue weighted by Gasteiger charge is 2.41. The van der Waals surface area contributed by atoms with Crippen LogP contribution in [0.1, 0.15) is 43.7 Å². The van der Waals surface area contributed by atoms with Crippen molar-refractivity contribution in [1.29, 1.82) is 0 Å². The third-order valence-corrected chi connectivity index (χ3v) is 6.98. The van der Waals surface area contributed by atoms with E-state index in [1.54, 1.807) is 25.3 Å². The second-order valence-electron chi connectivity index (χ2n) is 7.05. The zero-order valence-electron chi connectivity index (χ0n) is 15.9. The molecular weight excluding hydrogens is 370 g/mol. The zero-order valence-corrected chi connectivity index (χ0v) is 16.7. The molecule has 2 N–H and O–H groups in total. The topological polar surface area (TPSA) is 97.0 Å². The van der Waals surface area contributed by atoms with E-state index in [9.17, 15) is 13.2 Å². The molecule has 0 unspecified atom stereocenters. The molecule has 2 fully saturated rings. The van der Waals surface area contributed by atoms with E-state index < -0.39 is 22.3 Å². The van der Waals surface area contributed by atoms with Crippen molar-refractivity contribution in [3.8, 4) is 11.5 Å². The Bertz CT molecular complexity index is 792. The highest BCUT2D eigenvalue weighted by molar-refractivity contribution is 7.87. The number of nitrogens with zero attached hydrogens (tertiary/aromatic N) is 1. The Morgan fingerprint density at radius 1 is 1.19 bits per heavy atom. The lowest BCUT2D eigenvalue weighted by atomic mass is 9.98. The van der Waals surface area contributed by atoms with E-state index in [4.69, 9.17) is 9.47 Å². The molecule has 8 nitrogen and oxygen atoms in total. The number of methoxy groups -OCH3 is 2. The van der Waals surface area contributed by atoms with Gasteiger partial charge in [0.1, 0.15) is 6.04 Å². The van der Waals surface area contributed by atoms with Crippen LogP contribution >= 0.6 is 0 Å². The van der Waals surface area contributed by atoms with Gasteiger partial charge in [0, 0.05) is 13.1 Å². The maximum Gasteiger partial charge on any atom is 0.280 e. The predicted molar refractivity (Wildman–Crippen MR) is 101 cm³/mol. The Balaban J connectivity index is 1.83. The molecule has 150 valence electrons. The normalized spacial score (nSPS) is 25.9. The van der Waals surface area contributed by atoms with Crippen LogP contribution in [0.15, 0.2) is 18.2 Å². The minimum atomic E-state index is -3.77. The van der Waals surface area contributed by atoms with E-state index >= 15 is 0 Å². The molecule has 0 aromatic heterocycles. The molecule has 2 atom stereocenters. The molecule has 27 heavy (non-hydrogen) atoms. The van der Waals surface area contributed by atoms with Crippen LogP contribution in [0.2, 0.25) is 0 Å². The van der Waals surface area contributed by atoms with Crippen LogP contribution in [0.5, 0.6) is 11.5 Å². The van der Waals surface area contributed by atoms with E-state index in [1.165, 1.54) is 14.2 Å². The van der Waals surface area contributed by atoms with Crippen molar-refractivity contribution < 1.29 is 22.7 Å². The van der Waals surface area contributed by atoms with Gasteiger partial charge in [0.15, 0.2) is 11.5 Å². The van der Waals surface area contributed by atoms with Crippen molar-refractivity contribution in [1.82, 2.24) is 14.3 Å². The molecule has 0 radical (unpaired) electrons. The summed E-state index contributed by atoms with van der Waals surface area (Å²) in [6.45, 7) is 0. The highest BCUT2D eigenvalue weighted by Crippen LogP contribution is 2.34. The monoisotopic (exact) mass is 397 g/mol. The summed E-state index contributed by atoms with van der Waals surface area (Å²) in [5.41, 5.74) is 0.725. The number of ether oxygens (including phenoxy) is 2. The Kier molecular flexibility index (Phi) is 5.92. The first-order valence-electron chi connectivity index (χ1n) is 9.13. The van der Waals surface area contributed by atoms with Gasteiger partial charge < -0.3 is 14.8 Å². The molecule has 1 amide bonds. The molecule has 1 aliphatic heterocycles. The Labute approximate surface area is 160 Å². The van der Waals surface area contributed by atoms with Crippen molar-refractivity contribution in [3.05, 3.63) is 23.8 Å². The summed E-state index contributed by atoms with van der Waals surface area (Å²) in [5, 5.41) is 3.01. The van der Waals surface area contributed by atoms with Gasteiger partial charge in [-0.3, -0.25) is 4.79 Å². The van der Waals surface area contributed by atoms with E-state index in [0.717, 1.165) is 35.6 Å². The van der Waals surface area contributed by atoms with Crippen molar-refractivity contribution >= 4 is 16.1 Å². The first-order chi connectivity index (χ1) is 12.9. The minimum absolute atomic E-state index is 0.142. The fourth-order valence-electron chi connectivity index (χ4n) is 3.76. The fourth-order valence-corrected chi connectivity index (χ4v) is 5.04.